The molecule has 1 atom stereocenters. The predicted octanol–water partition coefficient (Wildman–Crippen LogP) is 3.56. The summed E-state index contributed by atoms with van der Waals surface area (Å²) in [7, 11) is 1.61. The van der Waals surface area contributed by atoms with Crippen molar-refractivity contribution in [1.29, 1.82) is 0 Å². The number of furan rings is 1. The van der Waals surface area contributed by atoms with Crippen LogP contribution in [0.2, 0.25) is 5.02 Å². The van der Waals surface area contributed by atoms with Crippen LogP contribution in [0, 0.1) is 0 Å². The van der Waals surface area contributed by atoms with Crippen molar-refractivity contribution in [3.8, 4) is 5.75 Å². The maximum atomic E-state index is 10.5. The first kappa shape index (κ1) is 23.6. The van der Waals surface area contributed by atoms with E-state index in [0.717, 1.165) is 24.3 Å². The Bertz CT molecular complexity index is 721. The molecule has 1 aromatic heterocycles. The van der Waals surface area contributed by atoms with Crippen LogP contribution in [0.15, 0.2) is 46.0 Å². The van der Waals surface area contributed by atoms with Crippen molar-refractivity contribution in [1.82, 2.24) is 10.6 Å². The third-order valence-corrected chi connectivity index (χ3v) is 4.24. The van der Waals surface area contributed by atoms with Crippen molar-refractivity contribution in [3.63, 3.8) is 0 Å². The first-order valence-electron chi connectivity index (χ1n) is 8.57. The highest BCUT2D eigenvalue weighted by molar-refractivity contribution is 14.0. The van der Waals surface area contributed by atoms with E-state index in [-0.39, 0.29) is 30.5 Å². The smallest absolute Gasteiger partial charge is 0.191 e. The van der Waals surface area contributed by atoms with Crippen LogP contribution in [0.4, 0.5) is 0 Å². The number of rotatable bonds is 8. The molecule has 1 aromatic carbocycles. The lowest BCUT2D eigenvalue weighted by atomic mass is 10.0. The molecule has 2 aromatic rings. The van der Waals surface area contributed by atoms with Gasteiger partial charge in [0, 0.05) is 18.1 Å². The van der Waals surface area contributed by atoms with Crippen LogP contribution in [-0.4, -0.2) is 37.8 Å². The lowest BCUT2D eigenvalue weighted by molar-refractivity contribution is 0.0437. The standard InChI is InChI=1S/C19H26ClN3O3.HI/c1-4-21-18(23-13-19(2,24)17-6-5-11-26-17)22-10-9-14-7-8-15(25-3)12-16(14)20;/h5-8,11-12,24H,4,9-10,13H2,1-3H3,(H2,21,22,23);1H. The molecule has 1 heterocycles. The number of hydrogen-bond donors (Lipinski definition) is 3. The molecule has 0 fully saturated rings. The molecule has 0 aliphatic carbocycles. The number of methoxy groups -OCH3 is 1. The van der Waals surface area contributed by atoms with Crippen LogP contribution < -0.4 is 15.4 Å². The molecule has 6 nitrogen and oxygen atoms in total. The van der Waals surface area contributed by atoms with Crippen LogP contribution in [0.5, 0.6) is 5.75 Å². The third-order valence-electron chi connectivity index (χ3n) is 3.89. The van der Waals surface area contributed by atoms with Crippen molar-refractivity contribution in [2.75, 3.05) is 26.7 Å². The zero-order valence-corrected chi connectivity index (χ0v) is 18.9. The summed E-state index contributed by atoms with van der Waals surface area (Å²) in [5.74, 6) is 1.85. The van der Waals surface area contributed by atoms with Crippen LogP contribution in [0.3, 0.4) is 0 Å². The van der Waals surface area contributed by atoms with E-state index in [2.05, 4.69) is 15.6 Å². The molecule has 0 radical (unpaired) electrons. The number of halogens is 2. The summed E-state index contributed by atoms with van der Waals surface area (Å²) in [5.41, 5.74) is -0.135. The average Bonchev–Trinajstić information content (AvgIpc) is 3.16. The number of hydrogen-bond acceptors (Lipinski definition) is 4. The fourth-order valence-electron chi connectivity index (χ4n) is 2.41. The largest absolute Gasteiger partial charge is 0.497 e. The summed E-state index contributed by atoms with van der Waals surface area (Å²) in [4.78, 5) is 4.45. The van der Waals surface area contributed by atoms with Crippen molar-refractivity contribution < 1.29 is 14.3 Å². The van der Waals surface area contributed by atoms with E-state index in [1.807, 2.05) is 19.1 Å². The third kappa shape index (κ3) is 7.23. The number of aliphatic imine (C=N–C) groups is 1. The molecule has 27 heavy (non-hydrogen) atoms. The van der Waals surface area contributed by atoms with Gasteiger partial charge >= 0.3 is 0 Å². The second-order valence-electron chi connectivity index (χ2n) is 6.08. The summed E-state index contributed by atoms with van der Waals surface area (Å²) in [6, 6.07) is 9.13. The van der Waals surface area contributed by atoms with Crippen LogP contribution in [0.1, 0.15) is 25.2 Å². The van der Waals surface area contributed by atoms with E-state index in [1.54, 1.807) is 32.2 Å². The number of guanidine groups is 1. The molecule has 0 bridgehead atoms. The summed E-state index contributed by atoms with van der Waals surface area (Å²) in [5, 5.41) is 17.6. The minimum Gasteiger partial charge on any atom is -0.497 e. The van der Waals surface area contributed by atoms with Gasteiger partial charge in [-0.2, -0.15) is 0 Å². The molecule has 0 saturated heterocycles. The van der Waals surface area contributed by atoms with Gasteiger partial charge in [0.05, 0.1) is 19.9 Å². The van der Waals surface area contributed by atoms with Gasteiger partial charge in [-0.25, -0.2) is 4.99 Å². The highest BCUT2D eigenvalue weighted by Crippen LogP contribution is 2.23. The summed E-state index contributed by atoms with van der Waals surface area (Å²) in [6.07, 6.45) is 2.28. The van der Waals surface area contributed by atoms with Crippen LogP contribution in [-0.2, 0) is 12.0 Å². The Balaban J connectivity index is 0.00000364. The van der Waals surface area contributed by atoms with Gasteiger partial charge in [0.15, 0.2) is 5.96 Å². The summed E-state index contributed by atoms with van der Waals surface area (Å²) >= 11 is 6.27. The molecule has 2 rings (SSSR count). The molecule has 0 aliphatic heterocycles. The summed E-state index contributed by atoms with van der Waals surface area (Å²) in [6.45, 7) is 5.22. The topological polar surface area (TPSA) is 79.0 Å². The number of aliphatic hydroxyl groups is 1. The first-order chi connectivity index (χ1) is 12.5. The predicted molar refractivity (Wildman–Crippen MR) is 119 cm³/mol. The molecular weight excluding hydrogens is 481 g/mol. The Labute approximate surface area is 182 Å². The van der Waals surface area contributed by atoms with Gasteiger partial charge < -0.3 is 24.9 Å². The van der Waals surface area contributed by atoms with Crippen LogP contribution >= 0.6 is 35.6 Å². The quantitative estimate of drug-likeness (QED) is 0.289. The SMILES string of the molecule is CCNC(=NCC(C)(O)c1ccco1)NCCc1ccc(OC)cc1Cl.I. The highest BCUT2D eigenvalue weighted by atomic mass is 127. The molecule has 0 spiro atoms. The van der Waals surface area contributed by atoms with Crippen molar-refractivity contribution in [3.05, 3.63) is 52.9 Å². The lowest BCUT2D eigenvalue weighted by Gasteiger charge is -2.19. The van der Waals surface area contributed by atoms with Gasteiger partial charge in [0.25, 0.3) is 0 Å². The van der Waals surface area contributed by atoms with Gasteiger partial charge in [0.2, 0.25) is 0 Å². The van der Waals surface area contributed by atoms with Gasteiger partial charge in [-0.1, -0.05) is 17.7 Å². The van der Waals surface area contributed by atoms with E-state index >= 15 is 0 Å². The monoisotopic (exact) mass is 507 g/mol. The Kier molecular flexibility index (Phi) is 9.97. The maximum Gasteiger partial charge on any atom is 0.191 e. The molecule has 0 aliphatic rings. The minimum absolute atomic E-state index is 0. The summed E-state index contributed by atoms with van der Waals surface area (Å²) < 4.78 is 10.4. The maximum absolute atomic E-state index is 10.5. The molecule has 0 amide bonds. The lowest BCUT2D eigenvalue weighted by Crippen LogP contribution is -2.39. The van der Waals surface area contributed by atoms with Crippen molar-refractivity contribution in [2.24, 2.45) is 4.99 Å². The molecule has 0 saturated carbocycles. The van der Waals surface area contributed by atoms with E-state index in [0.29, 0.717) is 23.3 Å². The van der Waals surface area contributed by atoms with Crippen molar-refractivity contribution >= 4 is 41.5 Å². The van der Waals surface area contributed by atoms with Gasteiger partial charge in [-0.15, -0.1) is 24.0 Å². The van der Waals surface area contributed by atoms with E-state index in [9.17, 15) is 5.11 Å². The number of nitrogens with zero attached hydrogens (tertiary/aromatic N) is 1. The Hall–Kier alpha value is -1.45. The number of ether oxygens (including phenoxy) is 1. The second kappa shape index (κ2) is 11.4. The molecular formula is C19H27ClIN3O3. The highest BCUT2D eigenvalue weighted by Gasteiger charge is 2.26. The first-order valence-corrected chi connectivity index (χ1v) is 8.95. The fraction of sp³-hybridized carbons (Fsp3) is 0.421. The second-order valence-corrected chi connectivity index (χ2v) is 6.49. The Morgan fingerprint density at radius 1 is 1.33 bits per heavy atom. The number of benzene rings is 1. The van der Waals surface area contributed by atoms with Gasteiger partial charge in [0.1, 0.15) is 17.1 Å². The van der Waals surface area contributed by atoms with Gasteiger partial charge in [-0.05, 0) is 50.1 Å². The zero-order chi connectivity index (χ0) is 19.0. The van der Waals surface area contributed by atoms with E-state index in [1.165, 1.54) is 6.26 Å². The normalized spacial score (nSPS) is 13.4. The zero-order valence-electron chi connectivity index (χ0n) is 15.8. The average molecular weight is 508 g/mol. The van der Waals surface area contributed by atoms with E-state index in [4.69, 9.17) is 20.8 Å². The van der Waals surface area contributed by atoms with Crippen molar-refractivity contribution in [2.45, 2.75) is 25.9 Å². The molecule has 3 N–H and O–H groups in total. The fourth-order valence-corrected chi connectivity index (χ4v) is 2.68. The van der Waals surface area contributed by atoms with Crippen LogP contribution in [0.25, 0.3) is 0 Å². The molecule has 8 heteroatoms. The van der Waals surface area contributed by atoms with E-state index < -0.39 is 5.60 Å². The molecule has 1 unspecified atom stereocenters. The number of nitrogens with one attached hydrogen (secondary N) is 2. The minimum atomic E-state index is -1.16. The van der Waals surface area contributed by atoms with Gasteiger partial charge in [-0.3, -0.25) is 0 Å². The molecule has 150 valence electrons. The Morgan fingerprint density at radius 3 is 2.70 bits per heavy atom. The Morgan fingerprint density at radius 2 is 2.11 bits per heavy atom.